The normalized spacial score (nSPS) is 46.7. The summed E-state index contributed by atoms with van der Waals surface area (Å²) >= 11 is 0. The molecule has 0 aromatic rings. The molecule has 0 aromatic carbocycles. The van der Waals surface area contributed by atoms with Crippen LogP contribution >= 0.6 is 0 Å². The third kappa shape index (κ3) is 2.91. The van der Waals surface area contributed by atoms with Crippen LogP contribution in [-0.2, 0) is 9.53 Å². The Morgan fingerprint density at radius 3 is 2.50 bits per heavy atom. The smallest absolute Gasteiger partial charge is 0.302 e. The van der Waals surface area contributed by atoms with E-state index in [9.17, 15) is 20.1 Å². The highest BCUT2D eigenvalue weighted by atomic mass is 16.5. The molecule has 2 aliphatic rings. The third-order valence-corrected chi connectivity index (χ3v) is 6.15. The molecule has 22 heavy (non-hydrogen) atoms. The Hall–Kier alpha value is -0.650. The number of rotatable bonds is 3. The van der Waals surface area contributed by atoms with Crippen LogP contribution in [0.15, 0.2) is 0 Å². The summed E-state index contributed by atoms with van der Waals surface area (Å²) in [6.07, 6.45) is 1.63. The van der Waals surface area contributed by atoms with Crippen LogP contribution in [0.4, 0.5) is 0 Å². The van der Waals surface area contributed by atoms with Crippen molar-refractivity contribution in [2.24, 2.45) is 23.2 Å². The van der Waals surface area contributed by atoms with E-state index in [4.69, 9.17) is 4.74 Å². The van der Waals surface area contributed by atoms with Gasteiger partial charge in [0.1, 0.15) is 6.10 Å². The van der Waals surface area contributed by atoms with Crippen molar-refractivity contribution in [3.8, 4) is 0 Å². The van der Waals surface area contributed by atoms with Gasteiger partial charge in [0.05, 0.1) is 11.7 Å². The highest BCUT2D eigenvalue weighted by Gasteiger charge is 2.60. The molecule has 5 nitrogen and oxygen atoms in total. The van der Waals surface area contributed by atoms with Gasteiger partial charge in [-0.25, -0.2) is 0 Å². The Bertz CT molecular complexity index is 421. The first-order valence-electron chi connectivity index (χ1n) is 8.32. The molecule has 2 aliphatic carbocycles. The lowest BCUT2D eigenvalue weighted by molar-refractivity contribution is -0.230. The number of ether oxygens (including phenoxy) is 1. The molecule has 0 aliphatic heterocycles. The van der Waals surface area contributed by atoms with Crippen molar-refractivity contribution in [2.75, 3.05) is 6.61 Å². The van der Waals surface area contributed by atoms with Crippen molar-refractivity contribution in [1.82, 2.24) is 0 Å². The number of hydrogen-bond donors (Lipinski definition) is 3. The molecule has 128 valence electrons. The van der Waals surface area contributed by atoms with Gasteiger partial charge in [-0.05, 0) is 38.5 Å². The molecular weight excluding hydrogens is 284 g/mol. The molecular formula is C17H30O5. The highest BCUT2D eigenvalue weighted by Crippen LogP contribution is 2.57. The quantitative estimate of drug-likeness (QED) is 0.687. The minimum absolute atomic E-state index is 0.00347. The third-order valence-electron chi connectivity index (χ3n) is 6.15. The Kier molecular flexibility index (Phi) is 4.91. The first-order chi connectivity index (χ1) is 10.1. The van der Waals surface area contributed by atoms with E-state index in [1.807, 2.05) is 13.8 Å². The van der Waals surface area contributed by atoms with E-state index in [0.717, 1.165) is 12.8 Å². The molecule has 0 spiro atoms. The number of carbonyl (C=O) groups excluding carboxylic acids is 1. The molecule has 0 bridgehead atoms. The number of carbonyl (C=O) groups is 1. The second-order valence-corrected chi connectivity index (χ2v) is 7.83. The van der Waals surface area contributed by atoms with Gasteiger partial charge in [-0.2, -0.15) is 0 Å². The molecule has 0 radical (unpaired) electrons. The molecule has 2 fully saturated rings. The standard InChI is InChI=1S/C17H30O5/c1-10(9-18)12-5-7-16(3)13(20)6-8-17(4,21)15(16)14(12)22-11(2)19/h10,12-15,18,20-21H,5-9H2,1-4H3/t10-,12+,13+,14+,15?,16+,17-/m1/s1. The van der Waals surface area contributed by atoms with E-state index in [0.29, 0.717) is 12.8 Å². The van der Waals surface area contributed by atoms with Crippen molar-refractivity contribution in [3.05, 3.63) is 0 Å². The van der Waals surface area contributed by atoms with Gasteiger partial charge in [-0.15, -0.1) is 0 Å². The molecule has 0 heterocycles. The predicted octanol–water partition coefficient (Wildman–Crippen LogP) is 1.48. The van der Waals surface area contributed by atoms with Crippen molar-refractivity contribution in [3.63, 3.8) is 0 Å². The van der Waals surface area contributed by atoms with Crippen molar-refractivity contribution < 1.29 is 24.9 Å². The summed E-state index contributed by atoms with van der Waals surface area (Å²) in [6, 6.07) is 0. The number of fused-ring (bicyclic) bond motifs is 1. The zero-order valence-corrected chi connectivity index (χ0v) is 14.1. The minimum atomic E-state index is -0.984. The Morgan fingerprint density at radius 2 is 1.95 bits per heavy atom. The van der Waals surface area contributed by atoms with Gasteiger partial charge in [0, 0.05) is 30.8 Å². The number of aliphatic hydroxyl groups is 3. The van der Waals surface area contributed by atoms with Crippen LogP contribution in [0.2, 0.25) is 0 Å². The van der Waals surface area contributed by atoms with E-state index in [2.05, 4.69) is 0 Å². The maximum atomic E-state index is 11.6. The van der Waals surface area contributed by atoms with Crippen LogP contribution < -0.4 is 0 Å². The van der Waals surface area contributed by atoms with Crippen molar-refractivity contribution >= 4 is 5.97 Å². The Labute approximate surface area is 132 Å². The summed E-state index contributed by atoms with van der Waals surface area (Å²) in [4.78, 5) is 11.6. The monoisotopic (exact) mass is 314 g/mol. The van der Waals surface area contributed by atoms with E-state index < -0.39 is 23.2 Å². The molecule has 2 saturated carbocycles. The van der Waals surface area contributed by atoms with Crippen LogP contribution in [0.25, 0.3) is 0 Å². The molecule has 1 unspecified atom stereocenters. The van der Waals surface area contributed by atoms with Gasteiger partial charge in [0.15, 0.2) is 0 Å². The van der Waals surface area contributed by atoms with Gasteiger partial charge in [-0.1, -0.05) is 13.8 Å². The van der Waals surface area contributed by atoms with E-state index >= 15 is 0 Å². The van der Waals surface area contributed by atoms with Crippen molar-refractivity contribution in [1.29, 1.82) is 0 Å². The summed E-state index contributed by atoms with van der Waals surface area (Å²) in [7, 11) is 0. The average molecular weight is 314 g/mol. The topological polar surface area (TPSA) is 87.0 Å². The average Bonchev–Trinajstić information content (AvgIpc) is 2.42. The van der Waals surface area contributed by atoms with Crippen LogP contribution in [-0.4, -0.2) is 45.7 Å². The number of hydrogen-bond acceptors (Lipinski definition) is 5. The van der Waals surface area contributed by atoms with Crippen LogP contribution in [0.5, 0.6) is 0 Å². The SMILES string of the molecule is CC(=O)O[C@@H]1C2[C@](C)(O)CC[C@H](O)[C@]2(C)CC[C@H]1[C@H](C)CO. The summed E-state index contributed by atoms with van der Waals surface area (Å²) in [5.74, 6) is -0.701. The zero-order chi connectivity index (χ0) is 16.7. The van der Waals surface area contributed by atoms with Gasteiger partial charge in [-0.3, -0.25) is 4.79 Å². The zero-order valence-electron chi connectivity index (χ0n) is 14.1. The Balaban J connectivity index is 2.43. The minimum Gasteiger partial charge on any atom is -0.462 e. The molecule has 0 amide bonds. The maximum Gasteiger partial charge on any atom is 0.302 e. The molecule has 0 saturated heterocycles. The number of esters is 1. The lowest BCUT2D eigenvalue weighted by Crippen LogP contribution is -2.64. The Morgan fingerprint density at radius 1 is 1.32 bits per heavy atom. The lowest BCUT2D eigenvalue weighted by atomic mass is 9.50. The molecule has 7 atom stereocenters. The number of aliphatic hydroxyl groups excluding tert-OH is 2. The fraction of sp³-hybridized carbons (Fsp3) is 0.941. The molecule has 0 aromatic heterocycles. The maximum absolute atomic E-state index is 11.6. The van der Waals surface area contributed by atoms with Gasteiger partial charge in [0.25, 0.3) is 0 Å². The lowest BCUT2D eigenvalue weighted by Gasteiger charge is -2.59. The largest absolute Gasteiger partial charge is 0.462 e. The summed E-state index contributed by atoms with van der Waals surface area (Å²) in [5.41, 5.74) is -1.45. The summed E-state index contributed by atoms with van der Waals surface area (Å²) < 4.78 is 5.62. The molecule has 2 rings (SSSR count). The fourth-order valence-electron chi connectivity index (χ4n) is 4.86. The van der Waals surface area contributed by atoms with Crippen molar-refractivity contribution in [2.45, 2.75) is 71.2 Å². The second-order valence-electron chi connectivity index (χ2n) is 7.83. The van der Waals surface area contributed by atoms with Crippen LogP contribution in [0.1, 0.15) is 53.4 Å². The first kappa shape index (κ1) is 17.7. The summed E-state index contributed by atoms with van der Waals surface area (Å²) in [5, 5.41) is 31.0. The summed E-state index contributed by atoms with van der Waals surface area (Å²) in [6.45, 7) is 7.12. The first-order valence-corrected chi connectivity index (χ1v) is 8.32. The van der Waals surface area contributed by atoms with E-state index in [-0.39, 0.29) is 30.3 Å². The van der Waals surface area contributed by atoms with E-state index in [1.54, 1.807) is 6.92 Å². The predicted molar refractivity (Wildman–Crippen MR) is 82.0 cm³/mol. The highest BCUT2D eigenvalue weighted by molar-refractivity contribution is 5.66. The molecule has 5 heteroatoms. The van der Waals surface area contributed by atoms with Gasteiger partial charge < -0.3 is 20.1 Å². The van der Waals surface area contributed by atoms with E-state index in [1.165, 1.54) is 6.92 Å². The molecule has 3 N–H and O–H groups in total. The van der Waals surface area contributed by atoms with Gasteiger partial charge in [0.2, 0.25) is 0 Å². The van der Waals surface area contributed by atoms with Crippen LogP contribution in [0, 0.1) is 23.2 Å². The second kappa shape index (κ2) is 6.10. The van der Waals surface area contributed by atoms with Gasteiger partial charge >= 0.3 is 5.97 Å². The van der Waals surface area contributed by atoms with Crippen LogP contribution in [0.3, 0.4) is 0 Å². The fourth-order valence-corrected chi connectivity index (χ4v) is 4.86.